The molecule has 0 spiro atoms. The summed E-state index contributed by atoms with van der Waals surface area (Å²) < 4.78 is 5.86. The molecule has 28 heavy (non-hydrogen) atoms. The Morgan fingerprint density at radius 3 is 2.21 bits per heavy atom. The summed E-state index contributed by atoms with van der Waals surface area (Å²) in [6, 6.07) is 7.08. The van der Waals surface area contributed by atoms with Crippen LogP contribution in [0.25, 0.3) is 0 Å². The second kappa shape index (κ2) is 8.65. The van der Waals surface area contributed by atoms with Crippen LogP contribution in [-0.2, 0) is 0 Å². The van der Waals surface area contributed by atoms with Gasteiger partial charge in [0.1, 0.15) is 5.75 Å². The number of piperazine rings is 1. The molecular weight excluding hydrogens is 344 g/mol. The fraction of sp³-hybridized carbons (Fsp3) is 0.760. The van der Waals surface area contributed by atoms with Crippen molar-refractivity contribution in [1.82, 2.24) is 4.90 Å². The summed E-state index contributed by atoms with van der Waals surface area (Å²) in [7, 11) is 1.84. The lowest BCUT2D eigenvalue weighted by Crippen LogP contribution is -2.47. The number of nitrogens with zero attached hydrogens (tertiary/aromatic N) is 2. The van der Waals surface area contributed by atoms with E-state index in [1.54, 1.807) is 0 Å². The molecule has 4 rings (SSSR count). The third kappa shape index (κ3) is 4.35. The molecule has 1 aromatic rings. The van der Waals surface area contributed by atoms with Gasteiger partial charge < -0.3 is 9.64 Å². The highest BCUT2D eigenvalue weighted by Crippen LogP contribution is 2.47. The molecule has 2 aliphatic carbocycles. The molecule has 0 N–H and O–H groups in total. The van der Waals surface area contributed by atoms with Crippen LogP contribution in [0.5, 0.6) is 5.75 Å². The molecule has 0 unspecified atom stereocenters. The van der Waals surface area contributed by atoms with E-state index >= 15 is 0 Å². The number of hydrogen-bond acceptors (Lipinski definition) is 3. The fourth-order valence-electron chi connectivity index (χ4n) is 5.57. The van der Waals surface area contributed by atoms with Gasteiger partial charge in [0.2, 0.25) is 0 Å². The van der Waals surface area contributed by atoms with Crippen LogP contribution in [0.15, 0.2) is 18.2 Å². The van der Waals surface area contributed by atoms with Crippen LogP contribution >= 0.6 is 0 Å². The minimum atomic E-state index is 0.612. The highest BCUT2D eigenvalue weighted by atomic mass is 16.5. The number of hydrogen-bond donors (Lipinski definition) is 0. The van der Waals surface area contributed by atoms with E-state index in [0.717, 1.165) is 24.8 Å². The number of rotatable bonds is 7. The minimum absolute atomic E-state index is 0.612. The second-order valence-electron chi connectivity index (χ2n) is 9.64. The molecule has 1 heterocycles. The van der Waals surface area contributed by atoms with E-state index in [-0.39, 0.29) is 0 Å². The van der Waals surface area contributed by atoms with Crippen molar-refractivity contribution in [1.29, 1.82) is 0 Å². The molecule has 1 aromatic carbocycles. The highest BCUT2D eigenvalue weighted by Gasteiger charge is 2.33. The van der Waals surface area contributed by atoms with Gasteiger partial charge in [-0.05, 0) is 73.5 Å². The summed E-state index contributed by atoms with van der Waals surface area (Å²) >= 11 is 0. The molecule has 2 saturated carbocycles. The third-order valence-corrected chi connectivity index (χ3v) is 8.15. The average Bonchev–Trinajstić information content (AvgIpc) is 3.58. The van der Waals surface area contributed by atoms with Gasteiger partial charge in [-0.2, -0.15) is 0 Å². The third-order valence-electron chi connectivity index (χ3n) is 8.15. The Bertz CT molecular complexity index is 632. The predicted octanol–water partition coefficient (Wildman–Crippen LogP) is 5.69. The van der Waals surface area contributed by atoms with Crippen LogP contribution < -0.4 is 9.64 Å². The van der Waals surface area contributed by atoms with Crippen molar-refractivity contribution < 1.29 is 4.74 Å². The van der Waals surface area contributed by atoms with Crippen LogP contribution in [-0.4, -0.2) is 44.7 Å². The number of ether oxygens (including phenoxy) is 1. The quantitative estimate of drug-likeness (QED) is 0.600. The van der Waals surface area contributed by atoms with Gasteiger partial charge in [-0.3, -0.25) is 4.90 Å². The molecule has 3 nitrogen and oxygen atoms in total. The molecule has 0 atom stereocenters. The standard InChI is InChI=1S/C25H40N2O/c1-4-25(5-2)12-10-21(11-13-25)22-8-9-23(24(18-22)28-3)27-16-14-26(15-17-27)19-20-6-7-20/h8-9,18,20-21H,4-7,10-17,19H2,1-3H3. The maximum Gasteiger partial charge on any atom is 0.142 e. The van der Waals surface area contributed by atoms with Crippen molar-refractivity contribution in [2.45, 2.75) is 71.1 Å². The van der Waals surface area contributed by atoms with Gasteiger partial charge in [0.15, 0.2) is 0 Å². The van der Waals surface area contributed by atoms with E-state index in [1.807, 2.05) is 7.11 Å². The van der Waals surface area contributed by atoms with Crippen molar-refractivity contribution in [3.63, 3.8) is 0 Å². The zero-order valence-corrected chi connectivity index (χ0v) is 18.4. The van der Waals surface area contributed by atoms with E-state index in [9.17, 15) is 0 Å². The van der Waals surface area contributed by atoms with Crippen molar-refractivity contribution in [2.75, 3.05) is 44.7 Å². The SMILES string of the molecule is CCC1(CC)CCC(c2ccc(N3CCN(CC4CC4)CC3)c(OC)c2)CC1. The lowest BCUT2D eigenvalue weighted by atomic mass is 9.66. The molecule has 0 amide bonds. The van der Waals surface area contributed by atoms with Crippen LogP contribution in [0.4, 0.5) is 5.69 Å². The van der Waals surface area contributed by atoms with E-state index in [1.165, 1.54) is 82.3 Å². The zero-order chi connectivity index (χ0) is 19.6. The Labute approximate surface area is 172 Å². The molecule has 1 saturated heterocycles. The smallest absolute Gasteiger partial charge is 0.142 e. The largest absolute Gasteiger partial charge is 0.495 e. The first-order valence-electron chi connectivity index (χ1n) is 11.8. The van der Waals surface area contributed by atoms with Gasteiger partial charge in [0, 0.05) is 32.7 Å². The van der Waals surface area contributed by atoms with Gasteiger partial charge in [-0.15, -0.1) is 0 Å². The molecule has 0 bridgehead atoms. The molecule has 3 fully saturated rings. The maximum atomic E-state index is 5.86. The Morgan fingerprint density at radius 1 is 0.964 bits per heavy atom. The van der Waals surface area contributed by atoms with Crippen molar-refractivity contribution in [3.05, 3.63) is 23.8 Å². The Kier molecular flexibility index (Phi) is 6.20. The van der Waals surface area contributed by atoms with Crippen LogP contribution in [0.2, 0.25) is 0 Å². The molecule has 1 aliphatic heterocycles. The summed E-state index contributed by atoms with van der Waals surface area (Å²) in [5, 5.41) is 0. The van der Waals surface area contributed by atoms with Crippen LogP contribution in [0.3, 0.4) is 0 Å². The van der Waals surface area contributed by atoms with Gasteiger partial charge in [0.05, 0.1) is 12.8 Å². The first-order chi connectivity index (χ1) is 13.7. The van der Waals surface area contributed by atoms with E-state index < -0.39 is 0 Å². The van der Waals surface area contributed by atoms with Crippen molar-refractivity contribution in [2.24, 2.45) is 11.3 Å². The molecule has 0 aromatic heterocycles. The number of methoxy groups -OCH3 is 1. The lowest BCUT2D eigenvalue weighted by molar-refractivity contribution is 0.159. The topological polar surface area (TPSA) is 15.7 Å². The Morgan fingerprint density at radius 2 is 1.64 bits per heavy atom. The van der Waals surface area contributed by atoms with Gasteiger partial charge in [-0.25, -0.2) is 0 Å². The maximum absolute atomic E-state index is 5.86. The lowest BCUT2D eigenvalue weighted by Gasteiger charge is -2.40. The Hall–Kier alpha value is -1.22. The molecule has 0 radical (unpaired) electrons. The van der Waals surface area contributed by atoms with E-state index in [0.29, 0.717) is 11.3 Å². The second-order valence-corrected chi connectivity index (χ2v) is 9.64. The zero-order valence-electron chi connectivity index (χ0n) is 18.4. The summed E-state index contributed by atoms with van der Waals surface area (Å²) in [6.07, 6.45) is 11.0. The van der Waals surface area contributed by atoms with E-state index in [4.69, 9.17) is 4.74 Å². The minimum Gasteiger partial charge on any atom is -0.495 e. The van der Waals surface area contributed by atoms with Crippen molar-refractivity contribution in [3.8, 4) is 5.75 Å². The summed E-state index contributed by atoms with van der Waals surface area (Å²) in [6.45, 7) is 10.7. The average molecular weight is 385 g/mol. The molecule has 3 aliphatic rings. The van der Waals surface area contributed by atoms with Gasteiger partial charge in [-0.1, -0.05) is 32.8 Å². The first-order valence-corrected chi connectivity index (χ1v) is 11.8. The normalized spacial score (nSPS) is 23.8. The summed E-state index contributed by atoms with van der Waals surface area (Å²) in [5.41, 5.74) is 3.40. The van der Waals surface area contributed by atoms with E-state index in [2.05, 4.69) is 41.8 Å². The van der Waals surface area contributed by atoms with Crippen LogP contribution in [0, 0.1) is 11.3 Å². The summed E-state index contributed by atoms with van der Waals surface area (Å²) in [5.74, 6) is 2.79. The van der Waals surface area contributed by atoms with Crippen molar-refractivity contribution >= 4 is 5.69 Å². The first kappa shape index (κ1) is 20.1. The van der Waals surface area contributed by atoms with Gasteiger partial charge >= 0.3 is 0 Å². The summed E-state index contributed by atoms with van der Waals surface area (Å²) in [4.78, 5) is 5.19. The Balaban J connectivity index is 1.39. The fourth-order valence-corrected chi connectivity index (χ4v) is 5.57. The highest BCUT2D eigenvalue weighted by molar-refractivity contribution is 5.60. The molecule has 156 valence electrons. The van der Waals surface area contributed by atoms with Crippen LogP contribution in [0.1, 0.15) is 76.7 Å². The number of anilines is 1. The monoisotopic (exact) mass is 384 g/mol. The van der Waals surface area contributed by atoms with Gasteiger partial charge in [0.25, 0.3) is 0 Å². The molecular formula is C25H40N2O. The number of benzene rings is 1. The molecule has 3 heteroatoms. The predicted molar refractivity (Wildman–Crippen MR) is 119 cm³/mol.